The van der Waals surface area contributed by atoms with Gasteiger partial charge in [-0.2, -0.15) is 0 Å². The van der Waals surface area contributed by atoms with Gasteiger partial charge in [-0.1, -0.05) is 11.6 Å². The summed E-state index contributed by atoms with van der Waals surface area (Å²) in [5.41, 5.74) is 3.56. The highest BCUT2D eigenvalue weighted by Crippen LogP contribution is 2.58. The number of Topliss-reactive ketones (excluding diaryl/α,β-unsaturated/α-hetero) is 1. The van der Waals surface area contributed by atoms with Crippen molar-refractivity contribution in [1.82, 2.24) is 0 Å². The van der Waals surface area contributed by atoms with Gasteiger partial charge in [0.05, 0.1) is 46.8 Å². The normalized spacial score (nSPS) is 26.4. The largest absolute Gasteiger partial charge is 0.503 e. The van der Waals surface area contributed by atoms with Crippen LogP contribution in [0.2, 0.25) is 0 Å². The average molecular weight is 803 g/mol. The van der Waals surface area contributed by atoms with Gasteiger partial charge in [0.25, 0.3) is 0 Å². The molecule has 12 heteroatoms. The van der Waals surface area contributed by atoms with Gasteiger partial charge in [-0.15, -0.1) is 0 Å². The van der Waals surface area contributed by atoms with Gasteiger partial charge in [-0.25, -0.2) is 0 Å². The number of phenols is 1. The zero-order chi connectivity index (χ0) is 31.7. The molecule has 4 atom stereocenters. The number of phenolic OH excluding ortho intramolecular Hbond substituents is 1. The van der Waals surface area contributed by atoms with E-state index < -0.39 is 23.7 Å². The maximum absolute atomic E-state index is 14.3. The van der Waals surface area contributed by atoms with Gasteiger partial charge in [0.2, 0.25) is 11.8 Å². The quantitative estimate of drug-likeness (QED) is 0.237. The number of imide groups is 1. The number of fused-ring (bicyclic) bond motifs is 3. The second kappa shape index (κ2) is 11.6. The van der Waals surface area contributed by atoms with E-state index in [0.717, 1.165) is 24.4 Å². The molecular formula is C33H27Br3N2O7. The van der Waals surface area contributed by atoms with Crippen molar-refractivity contribution in [1.29, 1.82) is 0 Å². The van der Waals surface area contributed by atoms with Gasteiger partial charge in [0, 0.05) is 46.4 Å². The van der Waals surface area contributed by atoms with Crippen molar-refractivity contribution in [2.75, 3.05) is 43.2 Å². The Balaban J connectivity index is 1.30. The summed E-state index contributed by atoms with van der Waals surface area (Å²) in [6, 6.07) is 9.09. The number of anilines is 2. The zero-order valence-corrected chi connectivity index (χ0v) is 28.8. The smallest absolute Gasteiger partial charge is 0.238 e. The SMILES string of the molecule is COc1cc(C2C3=CCC4C(=O)N(c5ccc(N6CCOCC6)cc5)C(=O)C4C3CC3=C2C(=O)C=C(Br)C3=O)c(Br)c(Br)c1O. The van der Waals surface area contributed by atoms with Crippen LogP contribution in [0.25, 0.3) is 0 Å². The van der Waals surface area contributed by atoms with E-state index in [2.05, 4.69) is 52.7 Å². The standard InChI is InChI=1S/C33H27Br3N2O7/c1-44-24-13-20(28(35)29(36)31(24)41)25-17-6-7-18-26(19(17)12-21-27(25)23(39)14-22(34)30(21)40)33(43)38(32(18)42)16-4-2-15(3-5-16)37-8-10-45-11-9-37/h2-6,13-14,18-19,25-26,41H,7-12H2,1H3. The Bertz CT molecular complexity index is 1770. The Morgan fingerprint density at radius 1 is 0.933 bits per heavy atom. The molecule has 45 heavy (non-hydrogen) atoms. The summed E-state index contributed by atoms with van der Waals surface area (Å²) in [6.07, 6.45) is 3.72. The molecule has 0 radical (unpaired) electrons. The molecule has 232 valence electrons. The second-order valence-corrected chi connectivity index (χ2v) is 14.1. The summed E-state index contributed by atoms with van der Waals surface area (Å²) < 4.78 is 11.9. The minimum atomic E-state index is -0.710. The van der Waals surface area contributed by atoms with Crippen LogP contribution in [0.5, 0.6) is 11.5 Å². The van der Waals surface area contributed by atoms with E-state index in [-0.39, 0.29) is 45.8 Å². The first-order valence-corrected chi connectivity index (χ1v) is 16.9. The molecule has 2 aromatic carbocycles. The van der Waals surface area contributed by atoms with E-state index in [1.807, 2.05) is 18.2 Å². The molecule has 2 aromatic rings. The minimum Gasteiger partial charge on any atom is -0.503 e. The first-order chi connectivity index (χ1) is 21.6. The number of hydrogen-bond donors (Lipinski definition) is 1. The van der Waals surface area contributed by atoms with Crippen LogP contribution in [0, 0.1) is 17.8 Å². The highest BCUT2D eigenvalue weighted by Gasteiger charge is 2.57. The van der Waals surface area contributed by atoms with Gasteiger partial charge in [0.15, 0.2) is 23.1 Å². The number of amides is 2. The van der Waals surface area contributed by atoms with E-state index in [9.17, 15) is 24.3 Å². The summed E-state index contributed by atoms with van der Waals surface area (Å²) in [7, 11) is 1.43. The van der Waals surface area contributed by atoms with Gasteiger partial charge in [0.1, 0.15) is 0 Å². The van der Waals surface area contributed by atoms with Gasteiger partial charge < -0.3 is 19.5 Å². The summed E-state index contributed by atoms with van der Waals surface area (Å²) >= 11 is 10.3. The van der Waals surface area contributed by atoms with Crippen LogP contribution in [0.4, 0.5) is 11.4 Å². The van der Waals surface area contributed by atoms with Crippen LogP contribution in [0.1, 0.15) is 24.3 Å². The van der Waals surface area contributed by atoms with E-state index in [1.165, 1.54) is 18.1 Å². The number of halogens is 3. The number of benzene rings is 2. The van der Waals surface area contributed by atoms with E-state index in [4.69, 9.17) is 9.47 Å². The first-order valence-electron chi connectivity index (χ1n) is 14.6. The lowest BCUT2D eigenvalue weighted by Crippen LogP contribution is -2.39. The maximum atomic E-state index is 14.3. The number of ketones is 2. The number of allylic oxidation sites excluding steroid dienone is 6. The lowest BCUT2D eigenvalue weighted by atomic mass is 9.59. The molecule has 5 aliphatic rings. The van der Waals surface area contributed by atoms with Crippen LogP contribution in [-0.4, -0.2) is 61.9 Å². The molecule has 2 aliphatic heterocycles. The van der Waals surface area contributed by atoms with Crippen molar-refractivity contribution in [2.24, 2.45) is 17.8 Å². The molecule has 2 heterocycles. The van der Waals surface area contributed by atoms with E-state index >= 15 is 0 Å². The summed E-state index contributed by atoms with van der Waals surface area (Å²) in [5.74, 6) is -3.64. The van der Waals surface area contributed by atoms with Crippen molar-refractivity contribution < 1.29 is 33.8 Å². The highest BCUT2D eigenvalue weighted by molar-refractivity contribution is 9.13. The van der Waals surface area contributed by atoms with E-state index in [1.54, 1.807) is 18.2 Å². The molecule has 0 spiro atoms. The van der Waals surface area contributed by atoms with Crippen LogP contribution in [0.3, 0.4) is 0 Å². The maximum Gasteiger partial charge on any atom is 0.238 e. The van der Waals surface area contributed by atoms with Crippen LogP contribution in [-0.2, 0) is 23.9 Å². The number of nitrogens with zero attached hydrogens (tertiary/aromatic N) is 2. The molecule has 2 saturated heterocycles. The third-order valence-electron chi connectivity index (χ3n) is 9.52. The van der Waals surface area contributed by atoms with Crippen molar-refractivity contribution in [3.8, 4) is 11.5 Å². The zero-order valence-electron chi connectivity index (χ0n) is 24.0. The molecule has 0 saturated carbocycles. The fraction of sp³-hybridized carbons (Fsp3) is 0.333. The Morgan fingerprint density at radius 2 is 1.62 bits per heavy atom. The van der Waals surface area contributed by atoms with Crippen molar-refractivity contribution >= 4 is 82.5 Å². The lowest BCUT2D eigenvalue weighted by molar-refractivity contribution is -0.123. The minimum absolute atomic E-state index is 0.118. The van der Waals surface area contributed by atoms with Crippen LogP contribution < -0.4 is 14.5 Å². The van der Waals surface area contributed by atoms with Gasteiger partial charge >= 0.3 is 0 Å². The first kappa shape index (κ1) is 30.6. The number of aromatic hydroxyl groups is 1. The Hall–Kier alpha value is -3.06. The average Bonchev–Trinajstić information content (AvgIpc) is 3.31. The van der Waals surface area contributed by atoms with Gasteiger partial charge in [-0.3, -0.25) is 24.1 Å². The summed E-state index contributed by atoms with van der Waals surface area (Å²) in [6.45, 7) is 2.84. The number of rotatable bonds is 4. The van der Waals surface area contributed by atoms with Crippen molar-refractivity contribution in [3.63, 3.8) is 0 Å². The van der Waals surface area contributed by atoms with Crippen LogP contribution in [0.15, 0.2) is 72.6 Å². The fourth-order valence-electron chi connectivity index (χ4n) is 7.43. The second-order valence-electron chi connectivity index (χ2n) is 11.7. The molecule has 0 bridgehead atoms. The summed E-state index contributed by atoms with van der Waals surface area (Å²) in [5, 5.41) is 10.6. The third-order valence-corrected chi connectivity index (χ3v) is 12.3. The number of hydrogen-bond acceptors (Lipinski definition) is 8. The number of morpholine rings is 1. The van der Waals surface area contributed by atoms with Gasteiger partial charge in [-0.05, 0) is 102 Å². The fourth-order valence-corrected chi connectivity index (χ4v) is 8.83. The molecule has 3 aliphatic carbocycles. The third kappa shape index (κ3) is 4.78. The number of carbonyl (C=O) groups is 4. The number of ether oxygens (including phenoxy) is 2. The lowest BCUT2D eigenvalue weighted by Gasteiger charge is -2.42. The molecule has 2 amide bonds. The predicted octanol–water partition coefficient (Wildman–Crippen LogP) is 5.73. The Morgan fingerprint density at radius 3 is 2.31 bits per heavy atom. The molecule has 1 N–H and O–H groups in total. The summed E-state index contributed by atoms with van der Waals surface area (Å²) in [4.78, 5) is 58.8. The molecule has 2 fully saturated rings. The molecule has 4 unspecified atom stereocenters. The predicted molar refractivity (Wildman–Crippen MR) is 177 cm³/mol. The Kier molecular flexibility index (Phi) is 7.90. The molecule has 7 rings (SSSR count). The highest BCUT2D eigenvalue weighted by atomic mass is 79.9. The molecular weight excluding hydrogens is 776 g/mol. The molecule has 9 nitrogen and oxygen atoms in total. The monoisotopic (exact) mass is 800 g/mol. The van der Waals surface area contributed by atoms with E-state index in [0.29, 0.717) is 51.0 Å². The van der Waals surface area contributed by atoms with Crippen LogP contribution >= 0.6 is 47.8 Å². The topological polar surface area (TPSA) is 113 Å². The van der Waals surface area contributed by atoms with Crippen molar-refractivity contribution in [3.05, 3.63) is 78.2 Å². The number of carbonyl (C=O) groups excluding carboxylic acids is 4. The molecule has 0 aromatic heterocycles. The number of methoxy groups -OCH3 is 1. The Labute approximate surface area is 284 Å². The van der Waals surface area contributed by atoms with Crippen molar-refractivity contribution in [2.45, 2.75) is 18.8 Å².